The minimum absolute atomic E-state index is 0.154. The summed E-state index contributed by atoms with van der Waals surface area (Å²) >= 11 is 6.18. The Bertz CT molecular complexity index is 764. The molecule has 0 spiro atoms. The first-order valence-corrected chi connectivity index (χ1v) is 7.04. The van der Waals surface area contributed by atoms with Gasteiger partial charge in [0.1, 0.15) is 0 Å². The molecule has 0 heterocycles. The highest BCUT2D eigenvalue weighted by Crippen LogP contribution is 2.28. The second kappa shape index (κ2) is 5.28. The van der Waals surface area contributed by atoms with Crippen LogP contribution in [0, 0.1) is 6.92 Å². The van der Waals surface area contributed by atoms with Crippen LogP contribution in [0.4, 0.5) is 0 Å². The van der Waals surface area contributed by atoms with Crippen molar-refractivity contribution in [1.82, 2.24) is 0 Å². The minimum Gasteiger partial charge on any atom is -0.320 e. The molecule has 20 heavy (non-hydrogen) atoms. The highest BCUT2D eigenvalue weighted by atomic mass is 35.5. The zero-order valence-corrected chi connectivity index (χ0v) is 12.1. The second-order valence-electron chi connectivity index (χ2n) is 5.04. The van der Waals surface area contributed by atoms with Crippen molar-refractivity contribution in [2.24, 2.45) is 5.73 Å². The van der Waals surface area contributed by atoms with Crippen molar-refractivity contribution < 1.29 is 0 Å². The van der Waals surface area contributed by atoms with E-state index in [0.29, 0.717) is 0 Å². The lowest BCUT2D eigenvalue weighted by Gasteiger charge is -2.16. The molecule has 100 valence electrons. The van der Waals surface area contributed by atoms with Crippen LogP contribution in [0.15, 0.2) is 60.7 Å². The Labute approximate surface area is 124 Å². The van der Waals surface area contributed by atoms with Gasteiger partial charge in [0.15, 0.2) is 0 Å². The molecule has 3 aromatic carbocycles. The average molecular weight is 282 g/mol. The van der Waals surface area contributed by atoms with Gasteiger partial charge in [-0.25, -0.2) is 0 Å². The Morgan fingerprint density at radius 1 is 0.900 bits per heavy atom. The van der Waals surface area contributed by atoms with E-state index in [1.807, 2.05) is 37.3 Å². The van der Waals surface area contributed by atoms with Gasteiger partial charge in [-0.3, -0.25) is 0 Å². The first-order valence-electron chi connectivity index (χ1n) is 6.66. The maximum absolute atomic E-state index is 6.42. The lowest BCUT2D eigenvalue weighted by Crippen LogP contribution is -2.13. The molecule has 0 bridgehead atoms. The predicted molar refractivity (Wildman–Crippen MR) is 86.2 cm³/mol. The molecule has 0 radical (unpaired) electrons. The molecule has 1 nitrogen and oxygen atoms in total. The van der Waals surface area contributed by atoms with Gasteiger partial charge in [0.2, 0.25) is 0 Å². The molecule has 1 atom stereocenters. The molecule has 0 aromatic heterocycles. The van der Waals surface area contributed by atoms with Crippen LogP contribution in [0.25, 0.3) is 10.8 Å². The normalized spacial score (nSPS) is 12.6. The highest BCUT2D eigenvalue weighted by molar-refractivity contribution is 6.31. The van der Waals surface area contributed by atoms with Gasteiger partial charge in [0.25, 0.3) is 0 Å². The third-order valence-corrected chi connectivity index (χ3v) is 4.19. The second-order valence-corrected chi connectivity index (χ2v) is 5.45. The summed E-state index contributed by atoms with van der Waals surface area (Å²) in [4.78, 5) is 0. The van der Waals surface area contributed by atoms with Crippen LogP contribution >= 0.6 is 11.6 Å². The van der Waals surface area contributed by atoms with Crippen LogP contribution in [0.5, 0.6) is 0 Å². The number of benzene rings is 3. The van der Waals surface area contributed by atoms with Gasteiger partial charge in [-0.1, -0.05) is 60.1 Å². The summed E-state index contributed by atoms with van der Waals surface area (Å²) in [7, 11) is 0. The first kappa shape index (κ1) is 13.2. The zero-order chi connectivity index (χ0) is 14.1. The smallest absolute Gasteiger partial charge is 0.0555 e. The molecule has 3 aromatic rings. The van der Waals surface area contributed by atoms with E-state index in [9.17, 15) is 0 Å². The van der Waals surface area contributed by atoms with Crippen molar-refractivity contribution in [2.45, 2.75) is 13.0 Å². The topological polar surface area (TPSA) is 26.0 Å². The van der Waals surface area contributed by atoms with Crippen LogP contribution in [0.3, 0.4) is 0 Å². The number of rotatable bonds is 2. The summed E-state index contributed by atoms with van der Waals surface area (Å²) < 4.78 is 0. The number of nitrogens with two attached hydrogens (primary N) is 1. The van der Waals surface area contributed by atoms with Gasteiger partial charge in [0.05, 0.1) is 6.04 Å². The van der Waals surface area contributed by atoms with E-state index in [4.69, 9.17) is 17.3 Å². The molecule has 0 aliphatic heterocycles. The molecule has 0 fully saturated rings. The quantitative estimate of drug-likeness (QED) is 0.714. The summed E-state index contributed by atoms with van der Waals surface area (Å²) in [5.74, 6) is 0. The molecule has 3 rings (SSSR count). The first-order chi connectivity index (χ1) is 9.66. The molecular weight excluding hydrogens is 266 g/mol. The lowest BCUT2D eigenvalue weighted by atomic mass is 9.94. The SMILES string of the molecule is Cc1c(Cl)cccc1C(N)c1ccc2ccccc2c1. The standard InChI is InChI=1S/C18H16ClN/c1-12-16(7-4-8-17(12)19)18(20)15-10-9-13-5-2-3-6-14(13)11-15/h2-11,18H,20H2,1H3. The average Bonchev–Trinajstić information content (AvgIpc) is 2.49. The van der Waals surface area contributed by atoms with E-state index in [-0.39, 0.29) is 6.04 Å². The van der Waals surface area contributed by atoms with Crippen molar-refractivity contribution >= 4 is 22.4 Å². The van der Waals surface area contributed by atoms with E-state index in [2.05, 4.69) is 30.3 Å². The largest absolute Gasteiger partial charge is 0.320 e. The number of hydrogen-bond donors (Lipinski definition) is 1. The van der Waals surface area contributed by atoms with Crippen LogP contribution in [-0.4, -0.2) is 0 Å². The van der Waals surface area contributed by atoms with Crippen LogP contribution < -0.4 is 5.73 Å². The molecular formula is C18H16ClN. The fourth-order valence-corrected chi connectivity index (χ4v) is 2.72. The summed E-state index contributed by atoms with van der Waals surface area (Å²) in [6, 6.07) is 20.4. The van der Waals surface area contributed by atoms with Gasteiger partial charge in [-0.05, 0) is 46.5 Å². The van der Waals surface area contributed by atoms with Crippen molar-refractivity contribution in [1.29, 1.82) is 0 Å². The van der Waals surface area contributed by atoms with Crippen LogP contribution in [0.1, 0.15) is 22.7 Å². The number of hydrogen-bond acceptors (Lipinski definition) is 1. The molecule has 0 amide bonds. The predicted octanol–water partition coefficient (Wildman–Crippen LogP) is 4.85. The fraction of sp³-hybridized carbons (Fsp3) is 0.111. The Morgan fingerprint density at radius 2 is 1.65 bits per heavy atom. The van der Waals surface area contributed by atoms with Crippen molar-refractivity contribution in [3.8, 4) is 0 Å². The fourth-order valence-electron chi connectivity index (χ4n) is 2.54. The van der Waals surface area contributed by atoms with E-state index < -0.39 is 0 Å². The summed E-state index contributed by atoms with van der Waals surface area (Å²) in [6.07, 6.45) is 0. The van der Waals surface area contributed by atoms with Gasteiger partial charge in [-0.15, -0.1) is 0 Å². The number of halogens is 1. The maximum atomic E-state index is 6.42. The third kappa shape index (κ3) is 2.31. The molecule has 0 aliphatic carbocycles. The summed E-state index contributed by atoms with van der Waals surface area (Å²) in [5, 5.41) is 3.20. The summed E-state index contributed by atoms with van der Waals surface area (Å²) in [6.45, 7) is 2.01. The van der Waals surface area contributed by atoms with E-state index in [0.717, 1.165) is 21.7 Å². The van der Waals surface area contributed by atoms with Gasteiger partial charge in [0, 0.05) is 5.02 Å². The monoisotopic (exact) mass is 281 g/mol. The summed E-state index contributed by atoms with van der Waals surface area (Å²) in [5.41, 5.74) is 9.65. The van der Waals surface area contributed by atoms with Crippen LogP contribution in [0.2, 0.25) is 5.02 Å². The van der Waals surface area contributed by atoms with Gasteiger partial charge < -0.3 is 5.73 Å². The Hall–Kier alpha value is -1.83. The Morgan fingerprint density at radius 3 is 2.45 bits per heavy atom. The highest BCUT2D eigenvalue weighted by Gasteiger charge is 2.13. The lowest BCUT2D eigenvalue weighted by molar-refractivity contribution is 0.863. The van der Waals surface area contributed by atoms with Crippen LogP contribution in [-0.2, 0) is 0 Å². The van der Waals surface area contributed by atoms with Crippen molar-refractivity contribution in [3.05, 3.63) is 82.4 Å². The van der Waals surface area contributed by atoms with Crippen molar-refractivity contribution in [3.63, 3.8) is 0 Å². The maximum Gasteiger partial charge on any atom is 0.0555 e. The Kier molecular flexibility index (Phi) is 3.47. The van der Waals surface area contributed by atoms with E-state index >= 15 is 0 Å². The van der Waals surface area contributed by atoms with Gasteiger partial charge >= 0.3 is 0 Å². The van der Waals surface area contributed by atoms with Crippen molar-refractivity contribution in [2.75, 3.05) is 0 Å². The van der Waals surface area contributed by atoms with Gasteiger partial charge in [-0.2, -0.15) is 0 Å². The molecule has 2 N–H and O–H groups in total. The third-order valence-electron chi connectivity index (χ3n) is 3.78. The Balaban J connectivity index is 2.08. The molecule has 2 heteroatoms. The number of fused-ring (bicyclic) bond motifs is 1. The van der Waals surface area contributed by atoms with E-state index in [1.54, 1.807) is 0 Å². The van der Waals surface area contributed by atoms with E-state index in [1.165, 1.54) is 10.8 Å². The zero-order valence-electron chi connectivity index (χ0n) is 11.3. The molecule has 0 saturated heterocycles. The molecule has 1 unspecified atom stereocenters. The minimum atomic E-state index is -0.154. The molecule has 0 saturated carbocycles. The molecule has 0 aliphatic rings.